The Morgan fingerprint density at radius 1 is 1.27 bits per heavy atom. The molecule has 5 nitrogen and oxygen atoms in total. The van der Waals surface area contributed by atoms with Gasteiger partial charge in [-0.25, -0.2) is 0 Å². The predicted octanol–water partition coefficient (Wildman–Crippen LogP) is 0.716. The summed E-state index contributed by atoms with van der Waals surface area (Å²) in [5.41, 5.74) is 1.50. The van der Waals surface area contributed by atoms with Crippen LogP contribution < -0.4 is 0 Å². The highest BCUT2D eigenvalue weighted by Crippen LogP contribution is 2.17. The van der Waals surface area contributed by atoms with Crippen molar-refractivity contribution >= 4 is 11.8 Å². The number of amides is 2. The SMILES string of the molecule is Cc1noc(C)c1CN1C(=O)C=CC1=O. The minimum atomic E-state index is -0.292. The molecule has 1 aromatic heterocycles. The van der Waals surface area contributed by atoms with Crippen LogP contribution in [-0.4, -0.2) is 21.9 Å². The maximum atomic E-state index is 11.3. The van der Waals surface area contributed by atoms with Gasteiger partial charge in [0.25, 0.3) is 11.8 Å². The zero-order chi connectivity index (χ0) is 11.0. The zero-order valence-electron chi connectivity index (χ0n) is 8.48. The smallest absolute Gasteiger partial charge is 0.253 e. The van der Waals surface area contributed by atoms with Gasteiger partial charge in [0.15, 0.2) is 0 Å². The first-order chi connectivity index (χ1) is 7.09. The van der Waals surface area contributed by atoms with Gasteiger partial charge in [-0.1, -0.05) is 5.16 Å². The van der Waals surface area contributed by atoms with E-state index in [0.29, 0.717) is 11.5 Å². The zero-order valence-corrected chi connectivity index (χ0v) is 8.48. The Balaban J connectivity index is 2.23. The number of carbonyl (C=O) groups is 2. The Bertz CT molecular complexity index is 422. The molecule has 0 fully saturated rings. The highest BCUT2D eigenvalue weighted by atomic mass is 16.5. The molecule has 2 amide bonds. The summed E-state index contributed by atoms with van der Waals surface area (Å²) in [6.07, 6.45) is 2.53. The van der Waals surface area contributed by atoms with E-state index in [-0.39, 0.29) is 18.4 Å². The van der Waals surface area contributed by atoms with Crippen LogP contribution in [0.2, 0.25) is 0 Å². The summed E-state index contributed by atoms with van der Waals surface area (Å²) >= 11 is 0. The second-order valence-electron chi connectivity index (χ2n) is 3.40. The van der Waals surface area contributed by atoms with Crippen molar-refractivity contribution in [2.75, 3.05) is 0 Å². The molecule has 0 radical (unpaired) electrons. The van der Waals surface area contributed by atoms with Crippen molar-refractivity contribution in [2.45, 2.75) is 20.4 Å². The van der Waals surface area contributed by atoms with Crippen LogP contribution in [0.4, 0.5) is 0 Å². The molecule has 1 aromatic rings. The van der Waals surface area contributed by atoms with Crippen molar-refractivity contribution in [1.82, 2.24) is 10.1 Å². The molecular weight excluding hydrogens is 196 g/mol. The van der Waals surface area contributed by atoms with Gasteiger partial charge in [0.1, 0.15) is 5.76 Å². The number of carbonyl (C=O) groups excluding carboxylic acids is 2. The average Bonchev–Trinajstić information content (AvgIpc) is 2.67. The molecule has 0 saturated heterocycles. The van der Waals surface area contributed by atoms with Crippen LogP contribution in [0, 0.1) is 13.8 Å². The van der Waals surface area contributed by atoms with E-state index in [4.69, 9.17) is 4.52 Å². The number of hydrogen-bond donors (Lipinski definition) is 0. The van der Waals surface area contributed by atoms with Gasteiger partial charge in [0.05, 0.1) is 12.2 Å². The first-order valence-corrected chi connectivity index (χ1v) is 4.55. The summed E-state index contributed by atoms with van der Waals surface area (Å²) in [6, 6.07) is 0. The average molecular weight is 206 g/mol. The molecule has 5 heteroatoms. The van der Waals surface area contributed by atoms with E-state index in [1.807, 2.05) is 0 Å². The van der Waals surface area contributed by atoms with Crippen LogP contribution in [0.5, 0.6) is 0 Å². The van der Waals surface area contributed by atoms with E-state index in [0.717, 1.165) is 10.5 Å². The molecule has 2 rings (SSSR count). The Hall–Kier alpha value is -1.91. The summed E-state index contributed by atoms with van der Waals surface area (Å²) in [4.78, 5) is 23.8. The van der Waals surface area contributed by atoms with Gasteiger partial charge in [-0.05, 0) is 13.8 Å². The fourth-order valence-corrected chi connectivity index (χ4v) is 1.47. The van der Waals surface area contributed by atoms with E-state index in [1.54, 1.807) is 13.8 Å². The highest BCUT2D eigenvalue weighted by Gasteiger charge is 2.25. The number of aryl methyl sites for hydroxylation is 2. The summed E-state index contributed by atoms with van der Waals surface area (Å²) in [5.74, 6) is 0.0556. The quantitative estimate of drug-likeness (QED) is 0.669. The van der Waals surface area contributed by atoms with E-state index < -0.39 is 0 Å². The molecule has 15 heavy (non-hydrogen) atoms. The van der Waals surface area contributed by atoms with Crippen molar-refractivity contribution in [3.63, 3.8) is 0 Å². The lowest BCUT2D eigenvalue weighted by atomic mass is 10.2. The fourth-order valence-electron chi connectivity index (χ4n) is 1.47. The molecule has 0 atom stereocenters. The van der Waals surface area contributed by atoms with Gasteiger partial charge in [0, 0.05) is 17.7 Å². The lowest BCUT2D eigenvalue weighted by Gasteiger charge is -2.12. The third-order valence-corrected chi connectivity index (χ3v) is 2.40. The second kappa shape index (κ2) is 3.34. The van der Waals surface area contributed by atoms with Gasteiger partial charge in [-0.3, -0.25) is 14.5 Å². The predicted molar refractivity (Wildman–Crippen MR) is 50.7 cm³/mol. The lowest BCUT2D eigenvalue weighted by Crippen LogP contribution is -2.29. The molecule has 0 saturated carbocycles. The van der Waals surface area contributed by atoms with Gasteiger partial charge in [0.2, 0.25) is 0 Å². The molecule has 78 valence electrons. The summed E-state index contributed by atoms with van der Waals surface area (Å²) < 4.78 is 4.96. The van der Waals surface area contributed by atoms with E-state index in [2.05, 4.69) is 5.16 Å². The largest absolute Gasteiger partial charge is 0.361 e. The first-order valence-electron chi connectivity index (χ1n) is 4.55. The number of rotatable bonds is 2. The van der Waals surface area contributed by atoms with E-state index in [9.17, 15) is 9.59 Å². The number of imide groups is 1. The molecule has 1 aliphatic heterocycles. The maximum Gasteiger partial charge on any atom is 0.253 e. The molecule has 0 N–H and O–H groups in total. The van der Waals surface area contributed by atoms with Crippen LogP contribution in [0.1, 0.15) is 17.0 Å². The molecule has 0 unspecified atom stereocenters. The van der Waals surface area contributed by atoms with Crippen molar-refractivity contribution < 1.29 is 14.1 Å². The third kappa shape index (κ3) is 1.56. The molecular formula is C10H10N2O3. The van der Waals surface area contributed by atoms with E-state index >= 15 is 0 Å². The Morgan fingerprint density at radius 3 is 2.33 bits per heavy atom. The normalized spacial score (nSPS) is 15.5. The van der Waals surface area contributed by atoms with Crippen LogP contribution in [0.25, 0.3) is 0 Å². The molecule has 0 aromatic carbocycles. The Morgan fingerprint density at radius 2 is 1.87 bits per heavy atom. The summed E-state index contributed by atoms with van der Waals surface area (Å²) in [6.45, 7) is 3.77. The van der Waals surface area contributed by atoms with Gasteiger partial charge in [-0.2, -0.15) is 0 Å². The van der Waals surface area contributed by atoms with Crippen LogP contribution in [0.15, 0.2) is 16.7 Å². The van der Waals surface area contributed by atoms with Gasteiger partial charge >= 0.3 is 0 Å². The van der Waals surface area contributed by atoms with Crippen LogP contribution in [0.3, 0.4) is 0 Å². The van der Waals surface area contributed by atoms with Crippen LogP contribution >= 0.6 is 0 Å². The molecule has 2 heterocycles. The molecule has 0 bridgehead atoms. The Labute approximate surface area is 86.3 Å². The molecule has 1 aliphatic rings. The number of hydrogen-bond acceptors (Lipinski definition) is 4. The minimum Gasteiger partial charge on any atom is -0.361 e. The van der Waals surface area contributed by atoms with E-state index in [1.165, 1.54) is 12.2 Å². The van der Waals surface area contributed by atoms with Crippen molar-refractivity contribution in [1.29, 1.82) is 0 Å². The lowest BCUT2D eigenvalue weighted by molar-refractivity contribution is -0.137. The monoisotopic (exact) mass is 206 g/mol. The molecule has 0 spiro atoms. The number of nitrogens with zero attached hydrogens (tertiary/aromatic N) is 2. The second-order valence-corrected chi connectivity index (χ2v) is 3.40. The van der Waals surface area contributed by atoms with Gasteiger partial charge in [-0.15, -0.1) is 0 Å². The Kier molecular flexibility index (Phi) is 2.15. The summed E-state index contributed by atoms with van der Waals surface area (Å²) in [7, 11) is 0. The van der Waals surface area contributed by atoms with Crippen molar-refractivity contribution in [2.24, 2.45) is 0 Å². The van der Waals surface area contributed by atoms with Gasteiger partial charge < -0.3 is 4.52 Å². The highest BCUT2D eigenvalue weighted by molar-refractivity contribution is 6.12. The van der Waals surface area contributed by atoms with Crippen molar-refractivity contribution in [3.8, 4) is 0 Å². The topological polar surface area (TPSA) is 63.4 Å². The van der Waals surface area contributed by atoms with Crippen molar-refractivity contribution in [3.05, 3.63) is 29.2 Å². The summed E-state index contributed by atoms with van der Waals surface area (Å²) in [5, 5.41) is 3.76. The third-order valence-electron chi connectivity index (χ3n) is 2.40. The molecule has 0 aliphatic carbocycles. The first kappa shape index (κ1) is 9.64. The number of aromatic nitrogens is 1. The standard InChI is InChI=1S/C10H10N2O3/c1-6-8(7(2)15-11-6)5-12-9(13)3-4-10(12)14/h3-4H,5H2,1-2H3. The minimum absolute atomic E-state index is 0.228. The maximum absolute atomic E-state index is 11.3. The van der Waals surface area contributed by atoms with Crippen LogP contribution in [-0.2, 0) is 16.1 Å². The fraction of sp³-hybridized carbons (Fsp3) is 0.300.